The SMILES string of the molecule is Cc1cccc(Nc2ncccc2OCC(F)(F)P)n1. The van der Waals surface area contributed by atoms with Crippen LogP contribution in [0.2, 0.25) is 0 Å². The third-order valence-corrected chi connectivity index (χ3v) is 2.49. The van der Waals surface area contributed by atoms with E-state index in [4.69, 9.17) is 4.74 Å². The van der Waals surface area contributed by atoms with Gasteiger partial charge in [-0.25, -0.2) is 9.97 Å². The van der Waals surface area contributed by atoms with Gasteiger partial charge in [0.1, 0.15) is 5.82 Å². The van der Waals surface area contributed by atoms with Gasteiger partial charge in [0.2, 0.25) is 0 Å². The van der Waals surface area contributed by atoms with Gasteiger partial charge >= 0.3 is 0 Å². The summed E-state index contributed by atoms with van der Waals surface area (Å²) in [7, 11) is 1.44. The van der Waals surface area contributed by atoms with Gasteiger partial charge < -0.3 is 10.1 Å². The van der Waals surface area contributed by atoms with E-state index in [1.165, 1.54) is 9.24 Å². The Hall–Kier alpha value is -1.81. The molecule has 0 amide bonds. The largest absolute Gasteiger partial charge is 0.483 e. The number of alkyl halides is 2. The molecular weight excluding hydrogens is 283 g/mol. The number of nitrogens with zero attached hydrogens (tertiary/aromatic N) is 2. The van der Waals surface area contributed by atoms with Gasteiger partial charge in [-0.1, -0.05) is 15.3 Å². The predicted molar refractivity (Wildman–Crippen MR) is 76.6 cm³/mol. The number of anilines is 2. The van der Waals surface area contributed by atoms with E-state index in [2.05, 4.69) is 15.3 Å². The molecule has 0 fully saturated rings. The number of hydrogen-bond acceptors (Lipinski definition) is 4. The second-order valence-electron chi connectivity index (χ2n) is 4.19. The molecule has 0 bridgehead atoms. The molecule has 0 spiro atoms. The molecule has 0 aliphatic rings. The van der Waals surface area contributed by atoms with Crippen molar-refractivity contribution in [2.45, 2.75) is 12.6 Å². The smallest absolute Gasteiger partial charge is 0.292 e. The van der Waals surface area contributed by atoms with Gasteiger partial charge in [-0.05, 0) is 31.2 Å². The fourth-order valence-corrected chi connectivity index (χ4v) is 1.59. The van der Waals surface area contributed by atoms with Gasteiger partial charge in [0.15, 0.2) is 18.2 Å². The first-order valence-corrected chi connectivity index (χ1v) is 6.47. The Kier molecular flexibility index (Phi) is 4.45. The summed E-state index contributed by atoms with van der Waals surface area (Å²) in [6.45, 7) is 1.12. The van der Waals surface area contributed by atoms with E-state index in [0.717, 1.165) is 5.69 Å². The Balaban J connectivity index is 2.15. The first-order valence-electron chi connectivity index (χ1n) is 5.89. The molecule has 0 saturated heterocycles. The number of ether oxygens (including phenoxy) is 1. The third kappa shape index (κ3) is 4.38. The van der Waals surface area contributed by atoms with E-state index in [0.29, 0.717) is 11.6 Å². The van der Waals surface area contributed by atoms with E-state index < -0.39 is 12.3 Å². The van der Waals surface area contributed by atoms with E-state index in [-0.39, 0.29) is 5.75 Å². The zero-order valence-electron chi connectivity index (χ0n) is 10.8. The van der Waals surface area contributed by atoms with E-state index >= 15 is 0 Å². The first-order chi connectivity index (χ1) is 9.44. The lowest BCUT2D eigenvalue weighted by molar-refractivity contribution is 0.0464. The molecule has 106 valence electrons. The molecule has 0 radical (unpaired) electrons. The molecule has 1 atom stereocenters. The van der Waals surface area contributed by atoms with Crippen LogP contribution in [0.15, 0.2) is 36.5 Å². The highest BCUT2D eigenvalue weighted by Gasteiger charge is 2.23. The summed E-state index contributed by atoms with van der Waals surface area (Å²) in [6, 6.07) is 8.64. The van der Waals surface area contributed by atoms with Crippen LogP contribution in [0.4, 0.5) is 20.4 Å². The highest BCUT2D eigenvalue weighted by atomic mass is 31.0. The van der Waals surface area contributed by atoms with Crippen LogP contribution in [-0.2, 0) is 0 Å². The Morgan fingerprint density at radius 2 is 2.10 bits per heavy atom. The lowest BCUT2D eigenvalue weighted by Gasteiger charge is -2.14. The molecule has 0 aromatic carbocycles. The van der Waals surface area contributed by atoms with Crippen LogP contribution in [-0.4, -0.2) is 22.2 Å². The van der Waals surface area contributed by atoms with Gasteiger partial charge in [-0.15, -0.1) is 0 Å². The Labute approximate surface area is 117 Å². The van der Waals surface area contributed by atoms with Crippen molar-refractivity contribution in [3.05, 3.63) is 42.2 Å². The number of halogens is 2. The quantitative estimate of drug-likeness (QED) is 0.860. The lowest BCUT2D eigenvalue weighted by atomic mass is 10.3. The number of nitrogens with one attached hydrogen (secondary N) is 1. The molecule has 2 aromatic heterocycles. The van der Waals surface area contributed by atoms with Crippen molar-refractivity contribution in [3.63, 3.8) is 0 Å². The molecule has 20 heavy (non-hydrogen) atoms. The fraction of sp³-hybridized carbons (Fsp3) is 0.231. The van der Waals surface area contributed by atoms with Crippen molar-refractivity contribution in [2.75, 3.05) is 11.9 Å². The van der Waals surface area contributed by atoms with Crippen LogP contribution >= 0.6 is 9.24 Å². The summed E-state index contributed by atoms with van der Waals surface area (Å²) in [5.41, 5.74) is -2.14. The molecule has 4 nitrogen and oxygen atoms in total. The molecule has 1 unspecified atom stereocenters. The Morgan fingerprint density at radius 3 is 2.80 bits per heavy atom. The number of aryl methyl sites for hydroxylation is 1. The van der Waals surface area contributed by atoms with E-state index in [9.17, 15) is 8.78 Å². The van der Waals surface area contributed by atoms with Gasteiger partial charge in [-0.2, -0.15) is 8.78 Å². The average Bonchev–Trinajstić information content (AvgIpc) is 2.37. The normalized spacial score (nSPS) is 11.2. The molecule has 0 aliphatic carbocycles. The summed E-state index contributed by atoms with van der Waals surface area (Å²) in [6.07, 6.45) is 1.55. The highest BCUT2D eigenvalue weighted by molar-refractivity contribution is 7.18. The predicted octanol–water partition coefficient (Wildman–Crippen LogP) is 3.38. The van der Waals surface area contributed by atoms with Gasteiger partial charge in [-0.3, -0.25) is 0 Å². The lowest BCUT2D eigenvalue weighted by Crippen LogP contribution is -2.17. The summed E-state index contributed by atoms with van der Waals surface area (Å²) in [5, 5.41) is 2.95. The number of rotatable bonds is 5. The van der Waals surface area contributed by atoms with Crippen molar-refractivity contribution < 1.29 is 13.5 Å². The Morgan fingerprint density at radius 1 is 1.30 bits per heavy atom. The number of hydrogen-bond donors (Lipinski definition) is 1. The molecule has 0 aliphatic heterocycles. The molecule has 0 saturated carbocycles. The molecule has 1 N–H and O–H groups in total. The maximum absolute atomic E-state index is 12.8. The minimum Gasteiger partial charge on any atom is -0.483 e. The highest BCUT2D eigenvalue weighted by Crippen LogP contribution is 2.28. The van der Waals surface area contributed by atoms with E-state index in [1.807, 2.05) is 19.1 Å². The zero-order chi connectivity index (χ0) is 14.6. The van der Waals surface area contributed by atoms with Crippen molar-refractivity contribution >= 4 is 20.9 Å². The van der Waals surface area contributed by atoms with Crippen molar-refractivity contribution in [3.8, 4) is 5.75 Å². The molecule has 2 rings (SSSR count). The maximum atomic E-state index is 12.8. The Bertz CT molecular complexity index is 590. The topological polar surface area (TPSA) is 47.0 Å². The van der Waals surface area contributed by atoms with Crippen LogP contribution in [0.1, 0.15) is 5.69 Å². The summed E-state index contributed by atoms with van der Waals surface area (Å²) < 4.78 is 30.7. The standard InChI is InChI=1S/C13H14F2N3OP/c1-9-4-2-6-11(17-9)18-12-10(5-3-7-16-12)19-8-13(14,15)20/h2-7H,8,20H2,1H3,(H,16,17,18). The molecular formula is C13H14F2N3OP. The van der Waals surface area contributed by atoms with Gasteiger partial charge in [0, 0.05) is 11.9 Å². The summed E-state index contributed by atoms with van der Waals surface area (Å²) in [4.78, 5) is 8.34. The van der Waals surface area contributed by atoms with Crippen LogP contribution in [0, 0.1) is 6.92 Å². The minimum atomic E-state index is -2.98. The maximum Gasteiger partial charge on any atom is 0.292 e. The summed E-state index contributed by atoms with van der Waals surface area (Å²) in [5.74, 6) is 1.17. The fourth-order valence-electron chi connectivity index (χ4n) is 1.51. The van der Waals surface area contributed by atoms with Crippen molar-refractivity contribution in [1.82, 2.24) is 9.97 Å². The molecule has 2 heterocycles. The molecule has 2 aromatic rings. The minimum absolute atomic E-state index is 0.248. The van der Waals surface area contributed by atoms with Crippen LogP contribution in [0.25, 0.3) is 0 Å². The molecule has 7 heteroatoms. The second kappa shape index (κ2) is 6.09. The zero-order valence-corrected chi connectivity index (χ0v) is 12.0. The number of aromatic nitrogens is 2. The van der Waals surface area contributed by atoms with Crippen LogP contribution in [0.5, 0.6) is 5.75 Å². The van der Waals surface area contributed by atoms with Crippen molar-refractivity contribution in [2.24, 2.45) is 0 Å². The second-order valence-corrected chi connectivity index (χ2v) is 5.03. The number of pyridine rings is 2. The van der Waals surface area contributed by atoms with Crippen LogP contribution < -0.4 is 10.1 Å². The summed E-state index contributed by atoms with van der Waals surface area (Å²) >= 11 is 0. The first kappa shape index (κ1) is 14.6. The third-order valence-electron chi connectivity index (χ3n) is 2.33. The average molecular weight is 297 g/mol. The van der Waals surface area contributed by atoms with Crippen LogP contribution in [0.3, 0.4) is 0 Å². The van der Waals surface area contributed by atoms with E-state index in [1.54, 1.807) is 24.4 Å². The van der Waals surface area contributed by atoms with Gasteiger partial charge in [0.25, 0.3) is 5.66 Å². The van der Waals surface area contributed by atoms with Crippen molar-refractivity contribution in [1.29, 1.82) is 0 Å². The van der Waals surface area contributed by atoms with Gasteiger partial charge in [0.05, 0.1) is 0 Å². The monoisotopic (exact) mass is 297 g/mol.